The molecule has 4 nitrogen and oxygen atoms in total. The molecule has 2 aromatic carbocycles. The van der Waals surface area contributed by atoms with Crippen molar-refractivity contribution in [3.8, 4) is 11.5 Å². The standard InChI is InChI=1S/C15H15FN2O2/c1-19-13-5-3-2-4-11(13)9-20-14-7-6-10(15(17)18)8-12(14)16/h2-8H,9H2,1H3,(H3,17,18). The first-order valence-electron chi connectivity index (χ1n) is 6.00. The van der Waals surface area contributed by atoms with Crippen LogP contribution in [0, 0.1) is 11.2 Å². The number of para-hydroxylation sites is 1. The zero-order valence-corrected chi connectivity index (χ0v) is 11.0. The van der Waals surface area contributed by atoms with E-state index in [-0.39, 0.29) is 18.2 Å². The van der Waals surface area contributed by atoms with E-state index in [4.69, 9.17) is 20.6 Å². The van der Waals surface area contributed by atoms with Crippen LogP contribution in [0.3, 0.4) is 0 Å². The number of amidine groups is 1. The Labute approximate surface area is 116 Å². The highest BCUT2D eigenvalue weighted by Crippen LogP contribution is 2.22. The Kier molecular flexibility index (Phi) is 4.20. The van der Waals surface area contributed by atoms with Gasteiger partial charge in [-0.05, 0) is 24.3 Å². The van der Waals surface area contributed by atoms with E-state index >= 15 is 0 Å². The van der Waals surface area contributed by atoms with Gasteiger partial charge in [0.25, 0.3) is 0 Å². The minimum Gasteiger partial charge on any atom is -0.496 e. The zero-order valence-electron chi connectivity index (χ0n) is 11.0. The molecule has 0 fully saturated rings. The molecular weight excluding hydrogens is 259 g/mol. The number of hydrogen-bond acceptors (Lipinski definition) is 3. The number of nitrogens with two attached hydrogens (primary N) is 1. The van der Waals surface area contributed by atoms with Crippen LogP contribution >= 0.6 is 0 Å². The fourth-order valence-electron chi connectivity index (χ4n) is 1.76. The Bertz CT molecular complexity index is 629. The van der Waals surface area contributed by atoms with E-state index in [1.165, 1.54) is 12.1 Å². The Morgan fingerprint density at radius 3 is 2.60 bits per heavy atom. The Morgan fingerprint density at radius 1 is 1.20 bits per heavy atom. The van der Waals surface area contributed by atoms with E-state index in [2.05, 4.69) is 0 Å². The second kappa shape index (κ2) is 6.06. The van der Waals surface area contributed by atoms with Crippen LogP contribution in [-0.4, -0.2) is 12.9 Å². The smallest absolute Gasteiger partial charge is 0.165 e. The van der Waals surface area contributed by atoms with Crippen molar-refractivity contribution in [1.29, 1.82) is 5.41 Å². The third-order valence-electron chi connectivity index (χ3n) is 2.82. The molecule has 104 valence electrons. The predicted molar refractivity (Wildman–Crippen MR) is 74.7 cm³/mol. The van der Waals surface area contributed by atoms with Gasteiger partial charge in [0.2, 0.25) is 0 Å². The van der Waals surface area contributed by atoms with Gasteiger partial charge in [0, 0.05) is 11.1 Å². The molecule has 2 aromatic rings. The number of nitrogens with one attached hydrogen (secondary N) is 1. The van der Waals surface area contributed by atoms with E-state index in [1.807, 2.05) is 24.3 Å². The first-order chi connectivity index (χ1) is 9.61. The molecule has 0 aliphatic carbocycles. The number of benzene rings is 2. The lowest BCUT2D eigenvalue weighted by Crippen LogP contribution is -2.11. The third-order valence-corrected chi connectivity index (χ3v) is 2.82. The van der Waals surface area contributed by atoms with Gasteiger partial charge in [-0.3, -0.25) is 5.41 Å². The van der Waals surface area contributed by atoms with Gasteiger partial charge in [-0.15, -0.1) is 0 Å². The molecule has 0 bridgehead atoms. The molecule has 0 atom stereocenters. The molecule has 0 aliphatic rings. The van der Waals surface area contributed by atoms with Crippen LogP contribution in [0.25, 0.3) is 0 Å². The van der Waals surface area contributed by atoms with Crippen LogP contribution in [0.5, 0.6) is 11.5 Å². The number of hydrogen-bond donors (Lipinski definition) is 2. The molecule has 2 rings (SSSR count). The largest absolute Gasteiger partial charge is 0.496 e. The normalized spacial score (nSPS) is 10.1. The van der Waals surface area contributed by atoms with Gasteiger partial charge in [0.15, 0.2) is 11.6 Å². The fourth-order valence-corrected chi connectivity index (χ4v) is 1.76. The number of rotatable bonds is 5. The Hall–Kier alpha value is -2.56. The van der Waals surface area contributed by atoms with Crippen LogP contribution in [0.1, 0.15) is 11.1 Å². The maximum atomic E-state index is 13.8. The van der Waals surface area contributed by atoms with E-state index in [9.17, 15) is 4.39 Å². The highest BCUT2D eigenvalue weighted by atomic mass is 19.1. The first kappa shape index (κ1) is 13.9. The molecule has 0 heterocycles. The van der Waals surface area contributed by atoms with Crippen molar-refractivity contribution in [3.63, 3.8) is 0 Å². The summed E-state index contributed by atoms with van der Waals surface area (Å²) < 4.78 is 24.4. The average molecular weight is 274 g/mol. The lowest BCUT2D eigenvalue weighted by atomic mass is 10.2. The molecule has 0 aromatic heterocycles. The summed E-state index contributed by atoms with van der Waals surface area (Å²) in [5.41, 5.74) is 6.45. The van der Waals surface area contributed by atoms with Crippen molar-refractivity contribution < 1.29 is 13.9 Å². The van der Waals surface area contributed by atoms with Crippen LogP contribution in [0.2, 0.25) is 0 Å². The molecule has 20 heavy (non-hydrogen) atoms. The highest BCUT2D eigenvalue weighted by Gasteiger charge is 2.08. The van der Waals surface area contributed by atoms with E-state index < -0.39 is 5.82 Å². The van der Waals surface area contributed by atoms with Crippen LogP contribution in [0.4, 0.5) is 4.39 Å². The molecule has 0 radical (unpaired) electrons. The summed E-state index contributed by atoms with van der Waals surface area (Å²) in [5.74, 6) is 0.0712. The van der Waals surface area contributed by atoms with Gasteiger partial charge in [0.05, 0.1) is 7.11 Å². The molecule has 3 N–H and O–H groups in total. The number of ether oxygens (including phenoxy) is 2. The Morgan fingerprint density at radius 2 is 1.95 bits per heavy atom. The summed E-state index contributed by atoms with van der Waals surface area (Å²) in [6.07, 6.45) is 0. The maximum Gasteiger partial charge on any atom is 0.165 e. The van der Waals surface area contributed by atoms with E-state index in [1.54, 1.807) is 13.2 Å². The summed E-state index contributed by atoms with van der Waals surface area (Å²) in [7, 11) is 1.57. The van der Waals surface area contributed by atoms with Gasteiger partial charge >= 0.3 is 0 Å². The zero-order chi connectivity index (χ0) is 14.5. The van der Waals surface area contributed by atoms with Gasteiger partial charge < -0.3 is 15.2 Å². The molecule has 5 heteroatoms. The number of methoxy groups -OCH3 is 1. The summed E-state index contributed by atoms with van der Waals surface area (Å²) in [6.45, 7) is 0.195. The van der Waals surface area contributed by atoms with Gasteiger partial charge in [-0.25, -0.2) is 4.39 Å². The average Bonchev–Trinajstić information content (AvgIpc) is 2.46. The Balaban J connectivity index is 2.13. The minimum absolute atomic E-state index is 0.112. The van der Waals surface area contributed by atoms with Crippen molar-refractivity contribution in [2.75, 3.05) is 7.11 Å². The maximum absolute atomic E-state index is 13.8. The summed E-state index contributed by atoms with van der Waals surface area (Å²) in [6, 6.07) is 11.6. The monoisotopic (exact) mass is 274 g/mol. The van der Waals surface area contributed by atoms with E-state index in [0.29, 0.717) is 11.3 Å². The first-order valence-corrected chi connectivity index (χ1v) is 6.00. The van der Waals surface area contributed by atoms with Crippen molar-refractivity contribution in [3.05, 3.63) is 59.4 Å². The van der Waals surface area contributed by atoms with E-state index in [0.717, 1.165) is 5.56 Å². The lowest BCUT2D eigenvalue weighted by Gasteiger charge is -2.11. The molecule has 0 saturated carbocycles. The van der Waals surface area contributed by atoms with Crippen LogP contribution < -0.4 is 15.2 Å². The predicted octanol–water partition coefficient (Wildman–Crippen LogP) is 2.70. The third kappa shape index (κ3) is 3.06. The van der Waals surface area contributed by atoms with Crippen molar-refractivity contribution >= 4 is 5.84 Å². The quantitative estimate of drug-likeness (QED) is 0.650. The van der Waals surface area contributed by atoms with Crippen molar-refractivity contribution in [2.45, 2.75) is 6.61 Å². The number of nitrogen functional groups attached to an aromatic ring is 1. The highest BCUT2D eigenvalue weighted by molar-refractivity contribution is 5.95. The second-order valence-electron chi connectivity index (χ2n) is 4.16. The van der Waals surface area contributed by atoms with Gasteiger partial charge in [0.1, 0.15) is 18.2 Å². The van der Waals surface area contributed by atoms with Crippen molar-refractivity contribution in [2.24, 2.45) is 5.73 Å². The fraction of sp³-hybridized carbons (Fsp3) is 0.133. The second-order valence-corrected chi connectivity index (χ2v) is 4.16. The van der Waals surface area contributed by atoms with Crippen molar-refractivity contribution in [1.82, 2.24) is 0 Å². The summed E-state index contributed by atoms with van der Waals surface area (Å²) >= 11 is 0. The minimum atomic E-state index is -0.549. The molecule has 0 unspecified atom stereocenters. The summed E-state index contributed by atoms with van der Waals surface area (Å²) in [5, 5.41) is 7.25. The molecule has 0 amide bonds. The summed E-state index contributed by atoms with van der Waals surface area (Å²) in [4.78, 5) is 0. The lowest BCUT2D eigenvalue weighted by molar-refractivity contribution is 0.282. The number of halogens is 1. The van der Waals surface area contributed by atoms with Gasteiger partial charge in [-0.2, -0.15) is 0 Å². The van der Waals surface area contributed by atoms with Gasteiger partial charge in [-0.1, -0.05) is 18.2 Å². The van der Waals surface area contributed by atoms with Crippen LogP contribution in [0.15, 0.2) is 42.5 Å². The van der Waals surface area contributed by atoms with Crippen LogP contribution in [-0.2, 0) is 6.61 Å². The topological polar surface area (TPSA) is 68.3 Å². The molecule has 0 saturated heterocycles. The SMILES string of the molecule is COc1ccccc1COc1ccc(C(=N)N)cc1F. The molecule has 0 aliphatic heterocycles. The molecule has 0 spiro atoms. The molecular formula is C15H15FN2O2.